The van der Waals surface area contributed by atoms with E-state index in [9.17, 15) is 31.6 Å². The largest absolute Gasteiger partial charge is 0.391 e. The Morgan fingerprint density at radius 2 is 1.90 bits per heavy atom. The molecule has 1 atom stereocenters. The molecule has 0 aliphatic heterocycles. The molecule has 41 heavy (non-hydrogen) atoms. The number of benzene rings is 1. The van der Waals surface area contributed by atoms with E-state index in [-0.39, 0.29) is 35.7 Å². The summed E-state index contributed by atoms with van der Waals surface area (Å²) in [5, 5.41) is 11.7. The molecule has 3 heterocycles. The van der Waals surface area contributed by atoms with Crippen molar-refractivity contribution in [2.24, 2.45) is 5.92 Å². The number of hydrogen-bond donors (Lipinski definition) is 0. The third-order valence-corrected chi connectivity index (χ3v) is 10.2. The number of carbonyl (C=O) groups excluding carboxylic acids is 1. The van der Waals surface area contributed by atoms with E-state index in [0.29, 0.717) is 26.8 Å². The summed E-state index contributed by atoms with van der Waals surface area (Å²) in [5.41, 5.74) is 4.16. The number of fused-ring (bicyclic) bond motifs is 1. The van der Waals surface area contributed by atoms with Gasteiger partial charge in [-0.3, -0.25) is 14.3 Å². The lowest BCUT2D eigenvalue weighted by Gasteiger charge is -2.15. The van der Waals surface area contributed by atoms with E-state index < -0.39 is 21.9 Å². The van der Waals surface area contributed by atoms with Crippen LogP contribution < -0.4 is 0 Å². The Labute approximate surface area is 241 Å². The van der Waals surface area contributed by atoms with E-state index in [2.05, 4.69) is 11.1 Å². The van der Waals surface area contributed by atoms with Crippen LogP contribution in [0, 0.1) is 24.2 Å². The van der Waals surface area contributed by atoms with E-state index in [1.54, 1.807) is 6.07 Å². The maximum absolute atomic E-state index is 12.9. The summed E-state index contributed by atoms with van der Waals surface area (Å²) in [7, 11) is -3.77. The van der Waals surface area contributed by atoms with Crippen LogP contribution in [0.2, 0.25) is 0 Å². The van der Waals surface area contributed by atoms with Crippen molar-refractivity contribution >= 4 is 37.9 Å². The number of aryl methyl sites for hydroxylation is 2. The molecule has 11 heteroatoms. The molecule has 3 aromatic heterocycles. The summed E-state index contributed by atoms with van der Waals surface area (Å²) in [6.07, 6.45) is -2.18. The van der Waals surface area contributed by atoms with E-state index >= 15 is 0 Å². The molecule has 4 aromatic rings. The predicted molar refractivity (Wildman–Crippen MR) is 154 cm³/mol. The molecule has 0 saturated heterocycles. The Bertz CT molecular complexity index is 1750. The van der Waals surface area contributed by atoms with Crippen molar-refractivity contribution in [3.05, 3.63) is 64.2 Å². The molecule has 0 N–H and O–H groups in total. The Morgan fingerprint density at radius 3 is 2.46 bits per heavy atom. The van der Waals surface area contributed by atoms with Gasteiger partial charge < -0.3 is 0 Å². The number of thiophene rings is 1. The maximum Gasteiger partial charge on any atom is 0.391 e. The molecule has 1 unspecified atom stereocenters. The van der Waals surface area contributed by atoms with Crippen LogP contribution in [0.3, 0.4) is 0 Å². The molecule has 0 fully saturated rings. The van der Waals surface area contributed by atoms with Crippen LogP contribution in [0.15, 0.2) is 47.5 Å². The van der Waals surface area contributed by atoms with Crippen molar-refractivity contribution in [2.75, 3.05) is 5.75 Å². The summed E-state index contributed by atoms with van der Waals surface area (Å²) in [4.78, 5) is 17.0. The highest BCUT2D eigenvalue weighted by Gasteiger charge is 2.35. The fourth-order valence-corrected chi connectivity index (χ4v) is 7.04. The summed E-state index contributed by atoms with van der Waals surface area (Å²) in [6, 6.07) is 12.8. The molecule has 6 nitrogen and oxygen atoms in total. The van der Waals surface area contributed by atoms with Crippen molar-refractivity contribution in [2.45, 2.75) is 64.5 Å². The van der Waals surface area contributed by atoms with Crippen LogP contribution >= 0.6 is 11.3 Å². The second kappa shape index (κ2) is 11.8. The number of sulfone groups is 1. The third-order valence-electron chi connectivity index (χ3n) is 7.27. The van der Waals surface area contributed by atoms with Crippen LogP contribution in [-0.4, -0.2) is 35.7 Å². The SMILES string of the molecule is CCc1cc2c(C#N)c(-c3ccc(S(=O)(=O)CCCCC(C)C(F)(F)F)cn3)n(-c3ccc(C(C)=O)s3)c2cc1C. The number of halogens is 3. The second-order valence-electron chi connectivity index (χ2n) is 10.2. The number of Topliss-reactive ketones (excluding diaryl/α,β-unsaturated/α-hetero) is 1. The number of carbonyl (C=O) groups is 1. The standard InChI is InChI=1S/C30H30F3N3O3S2/c1-5-21-15-23-24(16-34)29(36(26(23)14-18(21)2)28-12-11-27(40-28)20(4)37)25-10-9-22(17-35-25)41(38,39)13-7-6-8-19(3)30(31,32)33/h9-12,14-15,17,19H,5-8,13H2,1-4H3. The molecular formula is C30H30F3N3O3S2. The van der Waals surface area contributed by atoms with Gasteiger partial charge in [-0.1, -0.05) is 20.3 Å². The average Bonchev–Trinajstić information content (AvgIpc) is 3.52. The zero-order valence-corrected chi connectivity index (χ0v) is 24.8. The van der Waals surface area contributed by atoms with E-state index in [1.165, 1.54) is 36.6 Å². The van der Waals surface area contributed by atoms with Gasteiger partial charge in [0.05, 0.1) is 43.9 Å². The molecule has 0 spiro atoms. The number of unbranched alkanes of at least 4 members (excludes halogenated alkanes) is 1. The first-order valence-corrected chi connectivity index (χ1v) is 15.7. The van der Waals surface area contributed by atoms with Gasteiger partial charge in [-0.05, 0) is 80.6 Å². The molecule has 0 aliphatic rings. The van der Waals surface area contributed by atoms with Crippen LogP contribution in [0.1, 0.15) is 66.4 Å². The highest BCUT2D eigenvalue weighted by Crippen LogP contribution is 2.39. The number of alkyl halides is 3. The minimum atomic E-state index is -4.29. The minimum absolute atomic E-state index is 0.0367. The summed E-state index contributed by atoms with van der Waals surface area (Å²) in [5.74, 6) is -1.85. The lowest BCUT2D eigenvalue weighted by atomic mass is 10.0. The number of aromatic nitrogens is 2. The maximum atomic E-state index is 12.9. The zero-order chi connectivity index (χ0) is 30.1. The molecule has 0 radical (unpaired) electrons. The van der Waals surface area contributed by atoms with Crippen molar-refractivity contribution in [3.63, 3.8) is 0 Å². The molecule has 4 rings (SSSR count). The molecule has 1 aromatic carbocycles. The number of hydrogen-bond acceptors (Lipinski definition) is 6. The van der Waals surface area contributed by atoms with Crippen molar-refractivity contribution in [3.8, 4) is 22.5 Å². The summed E-state index contributed by atoms with van der Waals surface area (Å²) < 4.78 is 65.9. The molecule has 216 valence electrons. The van der Waals surface area contributed by atoms with Gasteiger partial charge in [-0.15, -0.1) is 11.3 Å². The van der Waals surface area contributed by atoms with Crippen molar-refractivity contribution in [1.29, 1.82) is 5.26 Å². The summed E-state index contributed by atoms with van der Waals surface area (Å²) in [6.45, 7) is 6.61. The number of rotatable bonds is 10. The fraction of sp³-hybridized carbons (Fsp3) is 0.367. The topological polar surface area (TPSA) is 92.8 Å². The second-order valence-corrected chi connectivity index (χ2v) is 13.3. The van der Waals surface area contributed by atoms with E-state index in [1.807, 2.05) is 36.6 Å². The van der Waals surface area contributed by atoms with Gasteiger partial charge in [0.2, 0.25) is 0 Å². The van der Waals surface area contributed by atoms with Gasteiger partial charge in [-0.2, -0.15) is 18.4 Å². The molecular weight excluding hydrogens is 571 g/mol. The van der Waals surface area contributed by atoms with E-state index in [0.717, 1.165) is 35.4 Å². The van der Waals surface area contributed by atoms with Gasteiger partial charge in [0.15, 0.2) is 15.6 Å². The highest BCUT2D eigenvalue weighted by molar-refractivity contribution is 7.91. The third kappa shape index (κ3) is 6.23. The highest BCUT2D eigenvalue weighted by atomic mass is 32.2. The van der Waals surface area contributed by atoms with Crippen LogP contribution in [0.5, 0.6) is 0 Å². The van der Waals surface area contributed by atoms with Crippen molar-refractivity contribution in [1.82, 2.24) is 9.55 Å². The number of ketones is 1. The predicted octanol–water partition coefficient (Wildman–Crippen LogP) is 7.84. The lowest BCUT2D eigenvalue weighted by molar-refractivity contribution is -0.171. The van der Waals surface area contributed by atoms with Gasteiger partial charge in [0.1, 0.15) is 11.1 Å². The van der Waals surface area contributed by atoms with Crippen LogP contribution in [0.25, 0.3) is 27.3 Å². The molecule has 0 saturated carbocycles. The monoisotopic (exact) mass is 601 g/mol. The van der Waals surface area contributed by atoms with E-state index in [4.69, 9.17) is 0 Å². The van der Waals surface area contributed by atoms with Crippen molar-refractivity contribution < 1.29 is 26.4 Å². The first kappa shape index (κ1) is 30.5. The first-order chi connectivity index (χ1) is 19.3. The number of pyridine rings is 1. The number of nitriles is 1. The lowest BCUT2D eigenvalue weighted by Crippen LogP contribution is -2.19. The fourth-order valence-electron chi connectivity index (χ4n) is 4.81. The zero-order valence-electron chi connectivity index (χ0n) is 23.2. The van der Waals surface area contributed by atoms with Crippen LogP contribution in [-0.2, 0) is 16.3 Å². The minimum Gasteiger partial charge on any atom is -0.298 e. The molecule has 0 amide bonds. The average molecular weight is 602 g/mol. The Hall–Kier alpha value is -3.49. The number of nitrogens with zero attached hydrogens (tertiary/aromatic N) is 3. The Kier molecular flexibility index (Phi) is 8.76. The molecule has 0 aliphatic carbocycles. The smallest absolute Gasteiger partial charge is 0.298 e. The van der Waals surface area contributed by atoms with Gasteiger partial charge in [0.25, 0.3) is 0 Å². The normalized spacial score (nSPS) is 12.9. The van der Waals surface area contributed by atoms with Crippen LogP contribution in [0.4, 0.5) is 13.2 Å². The summed E-state index contributed by atoms with van der Waals surface area (Å²) >= 11 is 1.29. The molecule has 0 bridgehead atoms. The first-order valence-electron chi connectivity index (χ1n) is 13.2. The Balaban J connectivity index is 1.74. The van der Waals surface area contributed by atoms with Gasteiger partial charge in [0, 0.05) is 11.6 Å². The van der Waals surface area contributed by atoms with Gasteiger partial charge in [-0.25, -0.2) is 8.42 Å². The van der Waals surface area contributed by atoms with Gasteiger partial charge >= 0.3 is 6.18 Å². The quantitative estimate of drug-likeness (QED) is 0.136. The Morgan fingerprint density at radius 1 is 1.17 bits per heavy atom.